The van der Waals surface area contributed by atoms with Gasteiger partial charge >= 0.3 is 12.6 Å². The Hall–Kier alpha value is -3.42. The molecule has 0 atom stereocenters. The lowest BCUT2D eigenvalue weighted by Gasteiger charge is -2.10. The number of hydrogen-bond donors (Lipinski definition) is 2. The van der Waals surface area contributed by atoms with Crippen molar-refractivity contribution >= 4 is 27.7 Å². The van der Waals surface area contributed by atoms with Crippen molar-refractivity contribution in [1.82, 2.24) is 14.7 Å². The van der Waals surface area contributed by atoms with Crippen LogP contribution in [-0.2, 0) is 10.0 Å². The fraction of sp³-hybridized carbons (Fsp3) is 0.154. The van der Waals surface area contributed by atoms with Gasteiger partial charge in [0.25, 0.3) is 15.7 Å². The molecule has 14 heteroatoms. The highest BCUT2D eigenvalue weighted by molar-refractivity contribution is 7.90. The molecule has 0 aliphatic rings. The van der Waals surface area contributed by atoms with Crippen LogP contribution in [0.2, 0.25) is 0 Å². The molecule has 144 valence electrons. The maximum absolute atomic E-state index is 12.2. The average Bonchev–Trinajstić information content (AvgIpc) is 2.52. The van der Waals surface area contributed by atoms with Gasteiger partial charge in [-0.25, -0.2) is 22.9 Å². The van der Waals surface area contributed by atoms with Gasteiger partial charge in [0, 0.05) is 17.8 Å². The number of anilines is 1. The van der Waals surface area contributed by atoms with Crippen LogP contribution >= 0.6 is 0 Å². The van der Waals surface area contributed by atoms with Crippen molar-refractivity contribution in [2.45, 2.75) is 18.4 Å². The number of nitrogens with zero attached hydrogens (tertiary/aromatic N) is 3. The predicted octanol–water partition coefficient (Wildman–Crippen LogP) is 1.81. The second kappa shape index (κ2) is 7.86. The molecule has 0 saturated heterocycles. The minimum Gasteiger partial charge on any atom is -0.417 e. The Morgan fingerprint density at radius 1 is 1.30 bits per heavy atom. The van der Waals surface area contributed by atoms with Gasteiger partial charge < -0.3 is 4.74 Å². The summed E-state index contributed by atoms with van der Waals surface area (Å²) >= 11 is 0. The van der Waals surface area contributed by atoms with E-state index in [1.807, 2.05) is 5.32 Å². The van der Waals surface area contributed by atoms with E-state index < -0.39 is 50.0 Å². The van der Waals surface area contributed by atoms with Gasteiger partial charge in [0.2, 0.25) is 11.8 Å². The first kappa shape index (κ1) is 19.9. The zero-order chi connectivity index (χ0) is 20.2. The van der Waals surface area contributed by atoms with E-state index in [-0.39, 0.29) is 5.69 Å². The van der Waals surface area contributed by atoms with Crippen LogP contribution in [0.1, 0.15) is 5.69 Å². The van der Waals surface area contributed by atoms with Crippen molar-refractivity contribution in [3.8, 4) is 5.88 Å². The first-order valence-corrected chi connectivity index (χ1v) is 8.44. The summed E-state index contributed by atoms with van der Waals surface area (Å²) < 4.78 is 54.5. The number of halogens is 2. The first-order chi connectivity index (χ1) is 12.6. The monoisotopic (exact) mass is 403 g/mol. The molecule has 2 aromatic rings. The number of ether oxygens (including phenoxy) is 1. The molecule has 0 unspecified atom stereocenters. The normalized spacial score (nSPS) is 11.1. The number of nitro benzene ring substituents is 1. The minimum absolute atomic E-state index is 0.150. The summed E-state index contributed by atoms with van der Waals surface area (Å²) in [4.78, 5) is 28.3. The highest BCUT2D eigenvalue weighted by atomic mass is 32.2. The summed E-state index contributed by atoms with van der Waals surface area (Å²) in [5.41, 5.74) is -0.588. The molecule has 0 saturated carbocycles. The lowest BCUT2D eigenvalue weighted by molar-refractivity contribution is -0.387. The molecule has 2 amide bonds. The Bertz CT molecular complexity index is 985. The molecule has 2 N–H and O–H groups in total. The lowest BCUT2D eigenvalue weighted by Crippen LogP contribution is -2.35. The summed E-state index contributed by atoms with van der Waals surface area (Å²) in [6.45, 7) is -1.77. The van der Waals surface area contributed by atoms with E-state index in [0.717, 1.165) is 18.2 Å². The van der Waals surface area contributed by atoms with Crippen molar-refractivity contribution in [2.75, 3.05) is 5.32 Å². The Morgan fingerprint density at radius 3 is 2.59 bits per heavy atom. The molecule has 0 spiro atoms. The molecule has 0 bridgehead atoms. The zero-order valence-electron chi connectivity index (χ0n) is 13.4. The van der Waals surface area contributed by atoms with Gasteiger partial charge in [0.1, 0.15) is 0 Å². The number of urea groups is 1. The van der Waals surface area contributed by atoms with E-state index >= 15 is 0 Å². The van der Waals surface area contributed by atoms with Crippen LogP contribution in [0.15, 0.2) is 35.2 Å². The summed E-state index contributed by atoms with van der Waals surface area (Å²) in [5, 5.41) is 12.9. The van der Waals surface area contributed by atoms with Crippen LogP contribution in [0.5, 0.6) is 5.88 Å². The molecule has 11 nitrogen and oxygen atoms in total. The molecule has 0 aliphatic carbocycles. The largest absolute Gasteiger partial charge is 0.417 e. The average molecular weight is 403 g/mol. The zero-order valence-corrected chi connectivity index (χ0v) is 14.2. The molecule has 1 heterocycles. The number of nitro groups is 1. The number of carbonyl (C=O) groups excluding carboxylic acids is 1. The summed E-state index contributed by atoms with van der Waals surface area (Å²) in [6.07, 6.45) is 0. The standard InChI is InChI=1S/C13H11F2N5O6S/c1-7-6-10(26-11(14)15)17-12(16-7)18-13(21)19-27(24,25)9-5-3-2-4-8(9)20(22)23/h2-6,11H,1H3,(H2,16,17,18,19,21). The fourth-order valence-corrected chi connectivity index (χ4v) is 2.97. The number of nitrogens with one attached hydrogen (secondary N) is 2. The van der Waals surface area contributed by atoms with Gasteiger partial charge in [0.05, 0.1) is 4.92 Å². The van der Waals surface area contributed by atoms with Crippen LogP contribution in [0.4, 0.5) is 25.2 Å². The Balaban J connectivity index is 2.21. The summed E-state index contributed by atoms with van der Waals surface area (Å²) in [6, 6.07) is 4.08. The molecule has 0 fully saturated rings. The third kappa shape index (κ3) is 5.27. The van der Waals surface area contributed by atoms with E-state index in [1.165, 1.54) is 19.1 Å². The number of hydrogen-bond acceptors (Lipinski definition) is 8. The molecule has 1 aromatic heterocycles. The number of benzene rings is 1. The number of aromatic nitrogens is 2. The van der Waals surface area contributed by atoms with Crippen LogP contribution in [0.25, 0.3) is 0 Å². The minimum atomic E-state index is -4.61. The SMILES string of the molecule is Cc1cc(OC(F)F)nc(NC(=O)NS(=O)(=O)c2ccccc2[N+](=O)[O-])n1. The number of carbonyl (C=O) groups is 1. The van der Waals surface area contributed by atoms with Gasteiger partial charge in [-0.1, -0.05) is 12.1 Å². The summed E-state index contributed by atoms with van der Waals surface area (Å²) in [5.74, 6) is -1.06. The van der Waals surface area contributed by atoms with Crippen LogP contribution < -0.4 is 14.8 Å². The maximum Gasteiger partial charge on any atom is 0.388 e. The fourth-order valence-electron chi connectivity index (χ4n) is 1.89. The van der Waals surface area contributed by atoms with E-state index in [4.69, 9.17) is 0 Å². The predicted molar refractivity (Wildman–Crippen MR) is 85.8 cm³/mol. The molecule has 1 aromatic carbocycles. The summed E-state index contributed by atoms with van der Waals surface area (Å²) in [7, 11) is -4.61. The molecular formula is C13H11F2N5O6S. The number of amides is 2. The van der Waals surface area contributed by atoms with E-state index in [2.05, 4.69) is 14.7 Å². The molecular weight excluding hydrogens is 392 g/mol. The lowest BCUT2D eigenvalue weighted by atomic mass is 10.3. The molecule has 27 heavy (non-hydrogen) atoms. The molecule has 0 radical (unpaired) electrons. The van der Waals surface area contributed by atoms with E-state index in [9.17, 15) is 32.1 Å². The van der Waals surface area contributed by atoms with Gasteiger partial charge in [-0.05, 0) is 13.0 Å². The molecule has 0 aliphatic heterocycles. The quantitative estimate of drug-likeness (QED) is 0.547. The van der Waals surface area contributed by atoms with Gasteiger partial charge in [-0.3, -0.25) is 15.4 Å². The maximum atomic E-state index is 12.2. The number of alkyl halides is 2. The van der Waals surface area contributed by atoms with Crippen molar-refractivity contribution in [2.24, 2.45) is 0 Å². The highest BCUT2D eigenvalue weighted by Crippen LogP contribution is 2.22. The van der Waals surface area contributed by atoms with Crippen molar-refractivity contribution in [3.05, 3.63) is 46.1 Å². The Labute approximate surface area is 150 Å². The van der Waals surface area contributed by atoms with E-state index in [1.54, 1.807) is 4.72 Å². The number of para-hydroxylation sites is 1. The van der Waals surface area contributed by atoms with Gasteiger partial charge in [-0.15, -0.1) is 0 Å². The van der Waals surface area contributed by atoms with Crippen molar-refractivity contribution in [1.29, 1.82) is 0 Å². The number of rotatable bonds is 6. The second-order valence-electron chi connectivity index (χ2n) is 4.83. The van der Waals surface area contributed by atoms with Crippen LogP contribution in [0.3, 0.4) is 0 Å². The number of sulfonamides is 1. The second-order valence-corrected chi connectivity index (χ2v) is 6.48. The van der Waals surface area contributed by atoms with Crippen LogP contribution in [0, 0.1) is 17.0 Å². The first-order valence-electron chi connectivity index (χ1n) is 6.96. The van der Waals surface area contributed by atoms with E-state index in [0.29, 0.717) is 0 Å². The molecule has 2 rings (SSSR count). The third-order valence-electron chi connectivity index (χ3n) is 2.84. The number of aryl methyl sites for hydroxylation is 1. The van der Waals surface area contributed by atoms with Gasteiger partial charge in [-0.2, -0.15) is 13.8 Å². The van der Waals surface area contributed by atoms with Gasteiger partial charge in [0.15, 0.2) is 4.90 Å². The topological polar surface area (TPSA) is 153 Å². The highest BCUT2D eigenvalue weighted by Gasteiger charge is 2.27. The Kier molecular flexibility index (Phi) is 5.79. The van der Waals surface area contributed by atoms with Crippen LogP contribution in [-0.4, -0.2) is 36.0 Å². The van der Waals surface area contributed by atoms with Crippen molar-refractivity contribution < 1.29 is 31.7 Å². The Morgan fingerprint density at radius 2 is 1.96 bits per heavy atom. The third-order valence-corrected chi connectivity index (χ3v) is 4.22. The smallest absolute Gasteiger partial charge is 0.388 e. The van der Waals surface area contributed by atoms with Crippen molar-refractivity contribution in [3.63, 3.8) is 0 Å².